The van der Waals surface area contributed by atoms with E-state index < -0.39 is 15.4 Å². The van der Waals surface area contributed by atoms with Gasteiger partial charge in [-0.05, 0) is 49.7 Å². The van der Waals surface area contributed by atoms with Gasteiger partial charge in [-0.1, -0.05) is 12.1 Å². The van der Waals surface area contributed by atoms with E-state index >= 15 is 0 Å². The van der Waals surface area contributed by atoms with Crippen molar-refractivity contribution in [3.05, 3.63) is 53.8 Å². The van der Waals surface area contributed by atoms with Crippen molar-refractivity contribution >= 4 is 27.3 Å². The molecule has 2 aromatic carbocycles. The van der Waals surface area contributed by atoms with Crippen LogP contribution in [0.2, 0.25) is 0 Å². The van der Waals surface area contributed by atoms with Crippen molar-refractivity contribution in [1.29, 1.82) is 0 Å². The van der Waals surface area contributed by atoms with E-state index in [9.17, 15) is 17.6 Å². The van der Waals surface area contributed by atoms with Crippen molar-refractivity contribution in [2.75, 3.05) is 56.1 Å². The molecule has 0 radical (unpaired) electrons. The molecule has 2 aliphatic rings. The summed E-state index contributed by atoms with van der Waals surface area (Å²) in [4.78, 5) is 18.4. The van der Waals surface area contributed by atoms with Crippen molar-refractivity contribution in [3.8, 4) is 0 Å². The number of benzene rings is 2. The highest BCUT2D eigenvalue weighted by molar-refractivity contribution is 7.89. The van der Waals surface area contributed by atoms with Crippen LogP contribution in [-0.2, 0) is 20.2 Å². The molecule has 2 aromatic rings. The summed E-state index contributed by atoms with van der Waals surface area (Å²) in [5.41, 5.74) is 1.31. The molecule has 172 valence electrons. The second-order valence-corrected chi connectivity index (χ2v) is 10.6. The molecule has 0 bridgehead atoms. The monoisotopic (exact) mass is 460 g/mol. The lowest BCUT2D eigenvalue weighted by Gasteiger charge is -2.36. The molecule has 0 aliphatic carbocycles. The average Bonchev–Trinajstić information content (AvgIpc) is 2.94. The summed E-state index contributed by atoms with van der Waals surface area (Å²) in [7, 11) is -1.99. The van der Waals surface area contributed by atoms with Gasteiger partial charge >= 0.3 is 0 Å². The zero-order valence-electron chi connectivity index (χ0n) is 18.6. The molecule has 0 spiro atoms. The molecule has 2 aliphatic heterocycles. The second-order valence-electron chi connectivity index (χ2n) is 8.85. The van der Waals surface area contributed by atoms with E-state index in [2.05, 4.69) is 9.62 Å². The minimum Gasteiger partial charge on any atom is -0.367 e. The van der Waals surface area contributed by atoms with Gasteiger partial charge in [-0.25, -0.2) is 17.5 Å². The minimum atomic E-state index is -3.69. The number of para-hydroxylation sites is 1. The number of sulfonamides is 1. The van der Waals surface area contributed by atoms with Crippen molar-refractivity contribution in [3.63, 3.8) is 0 Å². The van der Waals surface area contributed by atoms with Gasteiger partial charge in [-0.2, -0.15) is 0 Å². The summed E-state index contributed by atoms with van der Waals surface area (Å²) in [6.07, 6.45) is 0. The van der Waals surface area contributed by atoms with Crippen molar-refractivity contribution in [2.24, 2.45) is 0 Å². The number of piperazine rings is 1. The fourth-order valence-corrected chi connectivity index (χ4v) is 5.51. The number of carbonyl (C=O) groups excluding carboxylic acids is 1. The number of hydrogen-bond donors (Lipinski definition) is 1. The molecular formula is C23H29FN4O3S. The Morgan fingerprint density at radius 3 is 2.41 bits per heavy atom. The number of carbonyl (C=O) groups is 1. The van der Waals surface area contributed by atoms with Gasteiger partial charge < -0.3 is 9.80 Å². The Labute approximate surface area is 188 Å². The smallest absolute Gasteiger partial charge is 0.240 e. The van der Waals surface area contributed by atoms with Gasteiger partial charge in [-0.3, -0.25) is 9.69 Å². The predicted octanol–water partition coefficient (Wildman–Crippen LogP) is 2.18. The predicted molar refractivity (Wildman–Crippen MR) is 123 cm³/mol. The highest BCUT2D eigenvalue weighted by Gasteiger charge is 2.42. The molecule has 1 N–H and O–H groups in total. The second kappa shape index (κ2) is 8.46. The molecule has 0 unspecified atom stereocenters. The quantitative estimate of drug-likeness (QED) is 0.716. The number of halogens is 1. The molecule has 1 fully saturated rings. The topological polar surface area (TPSA) is 73.0 Å². The molecule has 4 rings (SSSR count). The Hall–Kier alpha value is -2.49. The lowest BCUT2D eigenvalue weighted by molar-refractivity contribution is -0.121. The third-order valence-corrected chi connectivity index (χ3v) is 7.90. The normalized spacial score (nSPS) is 18.8. The minimum absolute atomic E-state index is 0.0514. The summed E-state index contributed by atoms with van der Waals surface area (Å²) < 4.78 is 42.3. The van der Waals surface area contributed by atoms with E-state index in [0.717, 1.165) is 24.3 Å². The number of likely N-dealkylation sites (N-methyl/N-ethyl adjacent to an activating group) is 1. The van der Waals surface area contributed by atoms with Crippen LogP contribution in [0.4, 0.5) is 15.8 Å². The first-order valence-electron chi connectivity index (χ1n) is 10.8. The number of fused-ring (bicyclic) bond motifs is 1. The summed E-state index contributed by atoms with van der Waals surface area (Å²) in [5, 5.41) is 0. The van der Waals surface area contributed by atoms with Crippen LogP contribution in [0.1, 0.15) is 19.4 Å². The summed E-state index contributed by atoms with van der Waals surface area (Å²) in [6, 6.07) is 11.6. The highest BCUT2D eigenvalue weighted by atomic mass is 32.2. The van der Waals surface area contributed by atoms with Crippen LogP contribution in [-0.4, -0.2) is 65.5 Å². The number of amides is 1. The van der Waals surface area contributed by atoms with Gasteiger partial charge in [0.2, 0.25) is 15.9 Å². The molecular weight excluding hydrogens is 431 g/mol. The fraction of sp³-hybridized carbons (Fsp3) is 0.435. The third kappa shape index (κ3) is 4.12. The van der Waals surface area contributed by atoms with Crippen LogP contribution in [0, 0.1) is 5.82 Å². The summed E-state index contributed by atoms with van der Waals surface area (Å²) in [6.45, 7) is 7.31. The largest absolute Gasteiger partial charge is 0.367 e. The van der Waals surface area contributed by atoms with Gasteiger partial charge in [0.05, 0.1) is 16.0 Å². The molecule has 0 saturated carbocycles. The standard InChI is InChI=1S/C23H29FN4O3S/c1-23(2)18-16-17(8-9-20(18)26(3)22(23)29)32(30,31)25-10-11-27-12-14-28(15-13-27)21-7-5-4-6-19(21)24/h4-9,16,25H,10-15H2,1-3H3. The van der Waals surface area contributed by atoms with Crippen LogP contribution in [0.15, 0.2) is 47.4 Å². The molecule has 7 nitrogen and oxygen atoms in total. The lowest BCUT2D eigenvalue weighted by Crippen LogP contribution is -2.48. The fourth-order valence-electron chi connectivity index (χ4n) is 4.46. The Morgan fingerprint density at radius 2 is 1.72 bits per heavy atom. The number of hydrogen-bond acceptors (Lipinski definition) is 5. The maximum absolute atomic E-state index is 14.0. The number of nitrogens with zero attached hydrogens (tertiary/aromatic N) is 3. The van der Waals surface area contributed by atoms with Crippen LogP contribution in [0.3, 0.4) is 0 Å². The van der Waals surface area contributed by atoms with Crippen LogP contribution >= 0.6 is 0 Å². The molecule has 9 heteroatoms. The van der Waals surface area contributed by atoms with E-state index in [1.165, 1.54) is 6.07 Å². The summed E-state index contributed by atoms with van der Waals surface area (Å²) in [5.74, 6) is -0.274. The zero-order chi connectivity index (χ0) is 23.1. The molecule has 1 amide bonds. The highest BCUT2D eigenvalue weighted by Crippen LogP contribution is 2.41. The van der Waals surface area contributed by atoms with Crippen LogP contribution in [0.5, 0.6) is 0 Å². The first kappa shape index (κ1) is 22.7. The number of rotatable bonds is 6. The first-order chi connectivity index (χ1) is 15.1. The van der Waals surface area contributed by atoms with Crippen LogP contribution < -0.4 is 14.5 Å². The van der Waals surface area contributed by atoms with Gasteiger partial charge in [0.15, 0.2) is 0 Å². The van der Waals surface area contributed by atoms with Crippen molar-refractivity contribution in [1.82, 2.24) is 9.62 Å². The van der Waals surface area contributed by atoms with E-state index in [1.807, 2.05) is 24.8 Å². The van der Waals surface area contributed by atoms with Gasteiger partial charge in [0, 0.05) is 52.0 Å². The molecule has 32 heavy (non-hydrogen) atoms. The Kier molecular flexibility index (Phi) is 6.00. The van der Waals surface area contributed by atoms with Crippen molar-refractivity contribution < 1.29 is 17.6 Å². The Balaban J connectivity index is 1.34. The summed E-state index contributed by atoms with van der Waals surface area (Å²) >= 11 is 0. The van der Waals surface area contributed by atoms with Gasteiger partial charge in [-0.15, -0.1) is 0 Å². The van der Waals surface area contributed by atoms with Crippen molar-refractivity contribution in [2.45, 2.75) is 24.2 Å². The van der Waals surface area contributed by atoms with Gasteiger partial charge in [0.25, 0.3) is 0 Å². The van der Waals surface area contributed by atoms with E-state index in [1.54, 1.807) is 42.3 Å². The number of nitrogens with one attached hydrogen (secondary N) is 1. The molecule has 1 saturated heterocycles. The first-order valence-corrected chi connectivity index (χ1v) is 12.2. The average molecular weight is 461 g/mol. The maximum atomic E-state index is 14.0. The van der Waals surface area contributed by atoms with E-state index in [0.29, 0.717) is 25.3 Å². The van der Waals surface area contributed by atoms with Crippen LogP contribution in [0.25, 0.3) is 0 Å². The maximum Gasteiger partial charge on any atom is 0.240 e. The zero-order valence-corrected chi connectivity index (χ0v) is 19.5. The molecule has 0 atom stereocenters. The SMILES string of the molecule is CN1C(=O)C(C)(C)c2cc(S(=O)(=O)NCCN3CCN(c4ccccc4F)CC3)ccc21. The molecule has 0 aromatic heterocycles. The number of anilines is 2. The Bertz CT molecular complexity index is 1130. The van der Waals surface area contributed by atoms with E-state index in [-0.39, 0.29) is 23.2 Å². The van der Waals surface area contributed by atoms with E-state index in [4.69, 9.17) is 0 Å². The third-order valence-electron chi connectivity index (χ3n) is 6.44. The Morgan fingerprint density at radius 1 is 1.03 bits per heavy atom. The molecule has 2 heterocycles. The lowest BCUT2D eigenvalue weighted by atomic mass is 9.86. The van der Waals surface area contributed by atoms with Gasteiger partial charge in [0.1, 0.15) is 5.82 Å².